The lowest BCUT2D eigenvalue weighted by atomic mass is 10.1. The van der Waals surface area contributed by atoms with Crippen molar-refractivity contribution in [3.8, 4) is 0 Å². The first-order valence-electron chi connectivity index (χ1n) is 5.60. The molecule has 4 heteroatoms. The first kappa shape index (κ1) is 11.4. The molecular weight excluding hydrogens is 206 g/mol. The van der Waals surface area contributed by atoms with Crippen molar-refractivity contribution >= 4 is 5.78 Å². The van der Waals surface area contributed by atoms with Gasteiger partial charge >= 0.3 is 0 Å². The first-order chi connectivity index (χ1) is 7.68. The minimum Gasteiger partial charge on any atom is -0.472 e. The molecule has 0 saturated carbocycles. The first-order valence-corrected chi connectivity index (χ1v) is 5.60. The van der Waals surface area contributed by atoms with Gasteiger partial charge in [0.15, 0.2) is 5.78 Å². The predicted octanol–water partition coefficient (Wildman–Crippen LogP) is 1.57. The van der Waals surface area contributed by atoms with Gasteiger partial charge in [0.05, 0.1) is 18.4 Å². The third kappa shape index (κ3) is 2.33. The molecular formula is C12H17NO3. The summed E-state index contributed by atoms with van der Waals surface area (Å²) in [5, 5.41) is 0. The molecule has 1 aliphatic rings. The second kappa shape index (κ2) is 4.80. The minimum atomic E-state index is -0.353. The Balaban J connectivity index is 2.02. The van der Waals surface area contributed by atoms with Crippen molar-refractivity contribution < 1.29 is 13.9 Å². The molecule has 1 fully saturated rings. The SMILES string of the molecule is CC(C)N1CCOC(C(=O)c2ccoc2)C1. The molecule has 1 aromatic heterocycles. The van der Waals surface area contributed by atoms with Crippen LogP contribution in [-0.4, -0.2) is 42.5 Å². The van der Waals surface area contributed by atoms with Crippen LogP contribution in [0.15, 0.2) is 23.0 Å². The number of hydrogen-bond donors (Lipinski definition) is 0. The molecule has 4 nitrogen and oxygen atoms in total. The van der Waals surface area contributed by atoms with Gasteiger partial charge in [-0.15, -0.1) is 0 Å². The second-order valence-electron chi connectivity index (χ2n) is 4.32. The van der Waals surface area contributed by atoms with E-state index in [1.807, 2.05) is 0 Å². The molecule has 2 rings (SSSR count). The van der Waals surface area contributed by atoms with E-state index in [4.69, 9.17) is 9.15 Å². The van der Waals surface area contributed by atoms with Crippen molar-refractivity contribution in [3.63, 3.8) is 0 Å². The highest BCUT2D eigenvalue weighted by Gasteiger charge is 2.28. The molecule has 0 spiro atoms. The largest absolute Gasteiger partial charge is 0.472 e. The molecule has 0 bridgehead atoms. The zero-order valence-electron chi connectivity index (χ0n) is 9.68. The molecule has 1 aromatic rings. The molecule has 1 aliphatic heterocycles. The number of nitrogens with zero attached hydrogens (tertiary/aromatic N) is 1. The average molecular weight is 223 g/mol. The fraction of sp³-hybridized carbons (Fsp3) is 0.583. The predicted molar refractivity (Wildman–Crippen MR) is 59.5 cm³/mol. The highest BCUT2D eigenvalue weighted by molar-refractivity contribution is 5.99. The number of furan rings is 1. The molecule has 1 saturated heterocycles. The van der Waals surface area contributed by atoms with E-state index < -0.39 is 0 Å². The number of ketones is 1. The van der Waals surface area contributed by atoms with Gasteiger partial charge in [0.2, 0.25) is 0 Å². The lowest BCUT2D eigenvalue weighted by Gasteiger charge is -2.34. The Morgan fingerprint density at radius 1 is 1.56 bits per heavy atom. The van der Waals surface area contributed by atoms with E-state index in [0.29, 0.717) is 24.8 Å². The number of carbonyl (C=O) groups excluding carboxylic acids is 1. The zero-order valence-corrected chi connectivity index (χ0v) is 9.68. The van der Waals surface area contributed by atoms with Gasteiger partial charge in [-0.25, -0.2) is 0 Å². The van der Waals surface area contributed by atoms with Crippen LogP contribution in [0.25, 0.3) is 0 Å². The maximum atomic E-state index is 12.0. The summed E-state index contributed by atoms with van der Waals surface area (Å²) in [6, 6.07) is 2.13. The van der Waals surface area contributed by atoms with Crippen molar-refractivity contribution in [2.75, 3.05) is 19.7 Å². The molecule has 1 atom stereocenters. The number of rotatable bonds is 3. The molecule has 0 amide bonds. The minimum absolute atomic E-state index is 0.0131. The number of morpholine rings is 1. The number of hydrogen-bond acceptors (Lipinski definition) is 4. The highest BCUT2D eigenvalue weighted by Crippen LogP contribution is 2.14. The summed E-state index contributed by atoms with van der Waals surface area (Å²) < 4.78 is 10.4. The van der Waals surface area contributed by atoms with Crippen molar-refractivity contribution in [1.29, 1.82) is 0 Å². The summed E-state index contributed by atoms with van der Waals surface area (Å²) in [5.74, 6) is 0.0131. The van der Waals surface area contributed by atoms with E-state index in [0.717, 1.165) is 6.54 Å². The molecule has 2 heterocycles. The van der Waals surface area contributed by atoms with Crippen LogP contribution in [0.1, 0.15) is 24.2 Å². The van der Waals surface area contributed by atoms with Gasteiger partial charge in [0.1, 0.15) is 12.4 Å². The average Bonchev–Trinajstić information content (AvgIpc) is 2.81. The molecule has 1 unspecified atom stereocenters. The van der Waals surface area contributed by atoms with Gasteiger partial charge < -0.3 is 9.15 Å². The van der Waals surface area contributed by atoms with Crippen molar-refractivity contribution in [2.45, 2.75) is 26.0 Å². The number of Topliss-reactive ketones (excluding diaryl/α,β-unsaturated/α-hetero) is 1. The highest BCUT2D eigenvalue weighted by atomic mass is 16.5. The molecule has 0 N–H and O–H groups in total. The summed E-state index contributed by atoms with van der Waals surface area (Å²) in [4.78, 5) is 14.3. The van der Waals surface area contributed by atoms with Gasteiger partial charge in [-0.2, -0.15) is 0 Å². The monoisotopic (exact) mass is 223 g/mol. The van der Waals surface area contributed by atoms with Gasteiger partial charge in [-0.1, -0.05) is 0 Å². The third-order valence-electron chi connectivity index (χ3n) is 2.93. The molecule has 0 aliphatic carbocycles. The Kier molecular flexibility index (Phi) is 3.41. The second-order valence-corrected chi connectivity index (χ2v) is 4.32. The van der Waals surface area contributed by atoms with E-state index in [-0.39, 0.29) is 11.9 Å². The van der Waals surface area contributed by atoms with Crippen LogP contribution in [0.5, 0.6) is 0 Å². The van der Waals surface area contributed by atoms with Crippen molar-refractivity contribution in [3.05, 3.63) is 24.2 Å². The van der Waals surface area contributed by atoms with Crippen LogP contribution in [-0.2, 0) is 4.74 Å². The molecule has 0 aromatic carbocycles. The van der Waals surface area contributed by atoms with Crippen molar-refractivity contribution in [1.82, 2.24) is 4.90 Å². The number of ether oxygens (including phenoxy) is 1. The maximum absolute atomic E-state index is 12.0. The standard InChI is InChI=1S/C12H17NO3/c1-9(2)13-4-6-16-11(7-13)12(14)10-3-5-15-8-10/h3,5,8-9,11H,4,6-7H2,1-2H3. The van der Waals surface area contributed by atoms with Crippen LogP contribution in [0, 0.1) is 0 Å². The van der Waals surface area contributed by atoms with Crippen molar-refractivity contribution in [2.24, 2.45) is 0 Å². The van der Waals surface area contributed by atoms with Gasteiger partial charge in [0.25, 0.3) is 0 Å². The molecule has 16 heavy (non-hydrogen) atoms. The van der Waals surface area contributed by atoms with Crippen LogP contribution in [0.4, 0.5) is 0 Å². The van der Waals surface area contributed by atoms with Gasteiger partial charge in [-0.3, -0.25) is 9.69 Å². The van der Waals surface area contributed by atoms with E-state index >= 15 is 0 Å². The topological polar surface area (TPSA) is 42.7 Å². The number of carbonyl (C=O) groups is 1. The van der Waals surface area contributed by atoms with E-state index in [2.05, 4.69) is 18.7 Å². The molecule has 0 radical (unpaired) electrons. The Morgan fingerprint density at radius 2 is 2.38 bits per heavy atom. The summed E-state index contributed by atoms with van der Waals surface area (Å²) >= 11 is 0. The summed E-state index contributed by atoms with van der Waals surface area (Å²) in [6.45, 7) is 6.44. The summed E-state index contributed by atoms with van der Waals surface area (Å²) in [6.07, 6.45) is 2.63. The fourth-order valence-corrected chi connectivity index (χ4v) is 1.89. The lowest BCUT2D eigenvalue weighted by Crippen LogP contribution is -2.48. The summed E-state index contributed by atoms with van der Waals surface area (Å²) in [7, 11) is 0. The van der Waals surface area contributed by atoms with Gasteiger partial charge in [0, 0.05) is 19.1 Å². The maximum Gasteiger partial charge on any atom is 0.196 e. The van der Waals surface area contributed by atoms with E-state index in [1.165, 1.54) is 12.5 Å². The van der Waals surface area contributed by atoms with Crippen LogP contribution < -0.4 is 0 Å². The Bertz CT molecular complexity index is 345. The van der Waals surface area contributed by atoms with Gasteiger partial charge in [-0.05, 0) is 19.9 Å². The normalized spacial score (nSPS) is 22.6. The van der Waals surface area contributed by atoms with E-state index in [1.54, 1.807) is 6.07 Å². The van der Waals surface area contributed by atoms with Crippen LogP contribution >= 0.6 is 0 Å². The Labute approximate surface area is 95.2 Å². The Morgan fingerprint density at radius 3 is 3.00 bits per heavy atom. The Hall–Kier alpha value is -1.13. The summed E-state index contributed by atoms with van der Waals surface area (Å²) in [5.41, 5.74) is 0.593. The molecule has 88 valence electrons. The fourth-order valence-electron chi connectivity index (χ4n) is 1.89. The third-order valence-corrected chi connectivity index (χ3v) is 2.93. The zero-order chi connectivity index (χ0) is 11.5. The van der Waals surface area contributed by atoms with E-state index in [9.17, 15) is 4.79 Å². The van der Waals surface area contributed by atoms with Crippen LogP contribution in [0.2, 0.25) is 0 Å². The smallest absolute Gasteiger partial charge is 0.196 e. The lowest BCUT2D eigenvalue weighted by molar-refractivity contribution is -0.0256. The quantitative estimate of drug-likeness (QED) is 0.729. The van der Waals surface area contributed by atoms with Crippen LogP contribution in [0.3, 0.4) is 0 Å².